The molecule has 126 valence electrons. The third kappa shape index (κ3) is 2.70. The van der Waals surface area contributed by atoms with Crippen molar-refractivity contribution in [2.24, 2.45) is 0 Å². The lowest BCUT2D eigenvalue weighted by molar-refractivity contribution is -0.0609. The summed E-state index contributed by atoms with van der Waals surface area (Å²) in [4.78, 5) is 6.09. The fraction of sp³-hybridized carbons (Fsp3) is 0.353. The van der Waals surface area contributed by atoms with Gasteiger partial charge in [-0.15, -0.1) is 0 Å². The number of aromatic nitrogens is 2. The summed E-state index contributed by atoms with van der Waals surface area (Å²) in [6.45, 7) is 0.390. The second-order valence-corrected chi connectivity index (χ2v) is 6.03. The summed E-state index contributed by atoms with van der Waals surface area (Å²) in [5.41, 5.74) is 1.33. The van der Waals surface area contributed by atoms with Crippen molar-refractivity contribution < 1.29 is 18.6 Å². The van der Waals surface area contributed by atoms with Gasteiger partial charge in [-0.05, 0) is 37.1 Å². The highest BCUT2D eigenvalue weighted by Gasteiger charge is 2.31. The molecule has 1 N–H and O–H groups in total. The molecule has 4 rings (SSSR count). The monoisotopic (exact) mass is 333 g/mol. The zero-order valence-corrected chi connectivity index (χ0v) is 12.9. The van der Waals surface area contributed by atoms with E-state index in [1.807, 2.05) is 0 Å². The fourth-order valence-corrected chi connectivity index (χ4v) is 3.13. The minimum absolute atomic E-state index is 0.0262. The standard InChI is InChI=1S/C17H17F2N3O2/c18-12-3-1-11(2-4-12)15-8-22-10-21(7-14(19)17(22)20-15)16-6-5-13(9-23)24-16/h1-4,7-8,13,16,23H,5-6,9-10H2/t13-,16+/m1/s1. The molecule has 0 bridgehead atoms. The predicted octanol–water partition coefficient (Wildman–Crippen LogP) is 2.73. The zero-order chi connectivity index (χ0) is 16.7. The number of aliphatic hydroxyl groups is 1. The van der Waals surface area contributed by atoms with Gasteiger partial charge in [-0.2, -0.15) is 0 Å². The molecule has 0 unspecified atom stereocenters. The van der Waals surface area contributed by atoms with Gasteiger partial charge in [0.1, 0.15) is 12.0 Å². The van der Waals surface area contributed by atoms with Crippen LogP contribution in [0, 0.1) is 5.82 Å². The van der Waals surface area contributed by atoms with Crippen LogP contribution in [0.5, 0.6) is 0 Å². The number of hydrogen-bond donors (Lipinski definition) is 1. The molecule has 2 aliphatic rings. The van der Waals surface area contributed by atoms with Crippen LogP contribution in [0.3, 0.4) is 0 Å². The van der Waals surface area contributed by atoms with E-state index >= 15 is 0 Å². The van der Waals surface area contributed by atoms with Gasteiger partial charge in [0, 0.05) is 18.0 Å². The molecule has 2 atom stereocenters. The molecule has 3 heterocycles. The minimum atomic E-state index is -0.439. The van der Waals surface area contributed by atoms with Gasteiger partial charge in [-0.25, -0.2) is 13.8 Å². The van der Waals surface area contributed by atoms with E-state index in [9.17, 15) is 8.78 Å². The van der Waals surface area contributed by atoms with Crippen molar-refractivity contribution in [1.29, 1.82) is 0 Å². The topological polar surface area (TPSA) is 50.5 Å². The second kappa shape index (κ2) is 5.99. The summed E-state index contributed by atoms with van der Waals surface area (Å²) in [5.74, 6) is -0.510. The quantitative estimate of drug-likeness (QED) is 0.938. The summed E-state index contributed by atoms with van der Waals surface area (Å²) in [5, 5.41) is 9.17. The van der Waals surface area contributed by atoms with E-state index in [0.717, 1.165) is 18.4 Å². The molecule has 0 saturated carbocycles. The highest BCUT2D eigenvalue weighted by molar-refractivity contribution is 5.63. The number of halogens is 2. The molecule has 5 nitrogen and oxygen atoms in total. The van der Waals surface area contributed by atoms with Crippen molar-refractivity contribution in [3.05, 3.63) is 48.3 Å². The van der Waals surface area contributed by atoms with Crippen LogP contribution in [0.2, 0.25) is 0 Å². The molecule has 7 heteroatoms. The van der Waals surface area contributed by atoms with Crippen molar-refractivity contribution in [1.82, 2.24) is 14.5 Å². The normalized spacial score (nSPS) is 23.3. The number of imidazole rings is 1. The summed E-state index contributed by atoms with van der Waals surface area (Å²) in [6, 6.07) is 5.95. The molecular formula is C17H17F2N3O2. The first kappa shape index (κ1) is 15.3. The first-order valence-electron chi connectivity index (χ1n) is 7.87. The first-order chi connectivity index (χ1) is 11.6. The van der Waals surface area contributed by atoms with Crippen LogP contribution >= 0.6 is 0 Å². The Kier molecular flexibility index (Phi) is 3.82. The molecule has 24 heavy (non-hydrogen) atoms. The number of hydrogen-bond acceptors (Lipinski definition) is 4. The van der Waals surface area contributed by atoms with E-state index in [1.54, 1.807) is 27.8 Å². The van der Waals surface area contributed by atoms with Gasteiger partial charge in [-0.3, -0.25) is 0 Å². The highest BCUT2D eigenvalue weighted by Crippen LogP contribution is 2.31. The smallest absolute Gasteiger partial charge is 0.181 e. The van der Waals surface area contributed by atoms with Gasteiger partial charge in [0.05, 0.1) is 25.1 Å². The Labute approximate surface area is 137 Å². The highest BCUT2D eigenvalue weighted by atomic mass is 19.1. The SMILES string of the molecule is OC[C@H]1CC[C@@H](N2C=C(F)c3nc(-c4ccc(F)cc4)cn3C2)O1. The van der Waals surface area contributed by atoms with E-state index in [1.165, 1.54) is 18.3 Å². The van der Waals surface area contributed by atoms with E-state index in [0.29, 0.717) is 12.4 Å². The Bertz CT molecular complexity index is 773. The average molecular weight is 333 g/mol. The maximum atomic E-state index is 14.4. The lowest BCUT2D eigenvalue weighted by Gasteiger charge is -2.30. The minimum Gasteiger partial charge on any atom is -0.394 e. The largest absolute Gasteiger partial charge is 0.394 e. The van der Waals surface area contributed by atoms with Gasteiger partial charge in [0.15, 0.2) is 11.7 Å². The van der Waals surface area contributed by atoms with Gasteiger partial charge in [0.2, 0.25) is 0 Å². The van der Waals surface area contributed by atoms with Crippen LogP contribution < -0.4 is 0 Å². The average Bonchev–Trinajstić information content (AvgIpc) is 3.22. The second-order valence-electron chi connectivity index (χ2n) is 6.03. The van der Waals surface area contributed by atoms with Crippen LogP contribution in [-0.2, 0) is 11.4 Å². The van der Waals surface area contributed by atoms with Crippen LogP contribution in [-0.4, -0.2) is 38.5 Å². The molecule has 1 aromatic heterocycles. The van der Waals surface area contributed by atoms with E-state index in [-0.39, 0.29) is 30.6 Å². The van der Waals surface area contributed by atoms with Crippen LogP contribution in [0.25, 0.3) is 17.1 Å². The maximum Gasteiger partial charge on any atom is 0.181 e. The van der Waals surface area contributed by atoms with Crippen molar-refractivity contribution in [3.63, 3.8) is 0 Å². The number of nitrogens with zero attached hydrogens (tertiary/aromatic N) is 3. The van der Waals surface area contributed by atoms with Crippen molar-refractivity contribution in [2.75, 3.05) is 6.61 Å². The zero-order valence-electron chi connectivity index (χ0n) is 12.9. The van der Waals surface area contributed by atoms with Gasteiger partial charge in [-0.1, -0.05) is 0 Å². The summed E-state index contributed by atoms with van der Waals surface area (Å²) in [7, 11) is 0. The third-order valence-electron chi connectivity index (χ3n) is 4.38. The summed E-state index contributed by atoms with van der Waals surface area (Å²) in [6.07, 6.45) is 4.21. The van der Waals surface area contributed by atoms with Gasteiger partial charge < -0.3 is 19.3 Å². The maximum absolute atomic E-state index is 14.4. The van der Waals surface area contributed by atoms with Crippen molar-refractivity contribution in [3.8, 4) is 11.3 Å². The Hall–Kier alpha value is -2.25. The Balaban J connectivity index is 1.58. The molecule has 1 aromatic carbocycles. The van der Waals surface area contributed by atoms with Crippen LogP contribution in [0.15, 0.2) is 36.7 Å². The lowest BCUT2D eigenvalue weighted by atomic mass is 10.2. The third-order valence-corrected chi connectivity index (χ3v) is 4.38. The van der Waals surface area contributed by atoms with Crippen LogP contribution in [0.4, 0.5) is 8.78 Å². The first-order valence-corrected chi connectivity index (χ1v) is 7.87. The van der Waals surface area contributed by atoms with Gasteiger partial charge >= 0.3 is 0 Å². The number of aliphatic hydroxyl groups excluding tert-OH is 1. The fourth-order valence-electron chi connectivity index (χ4n) is 3.13. The molecular weight excluding hydrogens is 316 g/mol. The van der Waals surface area contributed by atoms with Gasteiger partial charge in [0.25, 0.3) is 0 Å². The Morgan fingerprint density at radius 1 is 1.21 bits per heavy atom. The number of rotatable bonds is 3. The molecule has 1 saturated heterocycles. The summed E-state index contributed by atoms with van der Waals surface area (Å²) >= 11 is 0. The Morgan fingerprint density at radius 2 is 2.00 bits per heavy atom. The van der Waals surface area contributed by atoms with E-state index in [2.05, 4.69) is 4.98 Å². The number of ether oxygens (including phenoxy) is 1. The van der Waals surface area contributed by atoms with Crippen molar-refractivity contribution in [2.45, 2.75) is 31.8 Å². The van der Waals surface area contributed by atoms with E-state index < -0.39 is 5.83 Å². The predicted molar refractivity (Wildman–Crippen MR) is 83.5 cm³/mol. The summed E-state index contributed by atoms with van der Waals surface area (Å²) < 4.78 is 34.9. The number of fused-ring (bicyclic) bond motifs is 1. The van der Waals surface area contributed by atoms with Crippen LogP contribution in [0.1, 0.15) is 18.7 Å². The van der Waals surface area contributed by atoms with E-state index in [4.69, 9.17) is 9.84 Å². The molecule has 0 spiro atoms. The molecule has 0 amide bonds. The molecule has 2 aromatic rings. The molecule has 2 aliphatic heterocycles. The molecule has 0 aliphatic carbocycles. The Morgan fingerprint density at radius 3 is 2.71 bits per heavy atom. The lowest BCUT2D eigenvalue weighted by Crippen LogP contribution is -2.35. The molecule has 0 radical (unpaired) electrons. The van der Waals surface area contributed by atoms with Crippen molar-refractivity contribution >= 4 is 5.83 Å². The number of benzene rings is 1. The molecule has 1 fully saturated rings.